The maximum atomic E-state index is 13.6. The van der Waals surface area contributed by atoms with Crippen molar-refractivity contribution in [1.82, 2.24) is 14.5 Å². The molecule has 0 aliphatic carbocycles. The minimum atomic E-state index is -0.548. The third-order valence-corrected chi connectivity index (χ3v) is 5.35. The minimum Gasteiger partial charge on any atom is -0.382 e. The van der Waals surface area contributed by atoms with Gasteiger partial charge in [-0.3, -0.25) is 0 Å². The van der Waals surface area contributed by atoms with Crippen LogP contribution in [-0.4, -0.2) is 20.3 Å². The predicted octanol–water partition coefficient (Wildman–Crippen LogP) is 4.48. The van der Waals surface area contributed by atoms with Crippen LogP contribution in [-0.2, 0) is 6.54 Å². The average Bonchev–Trinajstić information content (AvgIpc) is 2.99. The fourth-order valence-corrected chi connectivity index (χ4v) is 3.71. The summed E-state index contributed by atoms with van der Waals surface area (Å²) in [7, 11) is 0. The van der Waals surface area contributed by atoms with Crippen molar-refractivity contribution >= 4 is 28.6 Å². The largest absolute Gasteiger partial charge is 0.382 e. The number of nitrogens with two attached hydrogens (primary N) is 1. The SMILES string of the molecule is Cc1nc(N)c2ncn(CCCCSc3ccc(F)cc3F)c2c1C. The van der Waals surface area contributed by atoms with Crippen molar-refractivity contribution in [3.8, 4) is 0 Å². The molecule has 25 heavy (non-hydrogen) atoms. The maximum absolute atomic E-state index is 13.6. The molecule has 4 nitrogen and oxygen atoms in total. The zero-order valence-corrected chi connectivity index (χ0v) is 15.0. The molecule has 132 valence electrons. The molecule has 0 aliphatic heterocycles. The van der Waals surface area contributed by atoms with Gasteiger partial charge in [-0.05, 0) is 50.1 Å². The van der Waals surface area contributed by atoms with Gasteiger partial charge in [0.1, 0.15) is 17.2 Å². The van der Waals surface area contributed by atoms with Gasteiger partial charge in [0, 0.05) is 23.2 Å². The highest BCUT2D eigenvalue weighted by molar-refractivity contribution is 7.99. The molecule has 2 aromatic heterocycles. The van der Waals surface area contributed by atoms with E-state index < -0.39 is 11.6 Å². The lowest BCUT2D eigenvalue weighted by Crippen LogP contribution is -2.02. The van der Waals surface area contributed by atoms with Crippen molar-refractivity contribution in [3.63, 3.8) is 0 Å². The normalized spacial score (nSPS) is 11.4. The lowest BCUT2D eigenvalue weighted by Gasteiger charge is -2.09. The van der Waals surface area contributed by atoms with Crippen molar-refractivity contribution in [2.45, 2.75) is 38.1 Å². The van der Waals surface area contributed by atoms with Gasteiger partial charge in [0.15, 0.2) is 5.82 Å². The van der Waals surface area contributed by atoms with Gasteiger partial charge in [0.05, 0.1) is 11.8 Å². The summed E-state index contributed by atoms with van der Waals surface area (Å²) in [6.07, 6.45) is 3.64. The van der Waals surface area contributed by atoms with Gasteiger partial charge in [-0.15, -0.1) is 11.8 Å². The number of anilines is 1. The molecule has 0 saturated carbocycles. The summed E-state index contributed by atoms with van der Waals surface area (Å²) in [5.74, 6) is 0.184. The van der Waals surface area contributed by atoms with Crippen molar-refractivity contribution in [1.29, 1.82) is 0 Å². The number of rotatable bonds is 6. The van der Waals surface area contributed by atoms with Crippen LogP contribution in [0.15, 0.2) is 29.4 Å². The number of unbranched alkanes of at least 4 members (excludes halogenated alkanes) is 1. The number of nitrogens with zero attached hydrogens (tertiary/aromatic N) is 3. The van der Waals surface area contributed by atoms with Gasteiger partial charge in [-0.1, -0.05) is 0 Å². The van der Waals surface area contributed by atoms with E-state index in [9.17, 15) is 8.78 Å². The molecule has 0 aliphatic rings. The predicted molar refractivity (Wildman–Crippen MR) is 97.7 cm³/mol. The van der Waals surface area contributed by atoms with Gasteiger partial charge in [-0.2, -0.15) is 0 Å². The monoisotopic (exact) mass is 362 g/mol. The van der Waals surface area contributed by atoms with Gasteiger partial charge in [-0.25, -0.2) is 18.7 Å². The molecular formula is C18H20F2N4S. The number of aromatic nitrogens is 3. The third-order valence-electron chi connectivity index (χ3n) is 4.21. The Balaban J connectivity index is 1.59. The maximum Gasteiger partial charge on any atom is 0.151 e. The summed E-state index contributed by atoms with van der Waals surface area (Å²) in [6.45, 7) is 4.78. The van der Waals surface area contributed by atoms with Crippen molar-refractivity contribution in [2.75, 3.05) is 11.5 Å². The highest BCUT2D eigenvalue weighted by Crippen LogP contribution is 2.25. The summed E-state index contributed by atoms with van der Waals surface area (Å²) in [4.78, 5) is 9.17. The number of pyridine rings is 1. The average molecular weight is 362 g/mol. The number of hydrogen-bond acceptors (Lipinski definition) is 4. The summed E-state index contributed by atoms with van der Waals surface area (Å²) in [6, 6.07) is 3.69. The zero-order valence-electron chi connectivity index (χ0n) is 14.2. The van der Waals surface area contributed by atoms with Crippen LogP contribution in [0.2, 0.25) is 0 Å². The van der Waals surface area contributed by atoms with Gasteiger partial charge in [0.2, 0.25) is 0 Å². The minimum absolute atomic E-state index is 0.458. The van der Waals surface area contributed by atoms with Crippen LogP contribution < -0.4 is 5.73 Å². The molecule has 0 saturated heterocycles. The van der Waals surface area contributed by atoms with E-state index in [1.807, 2.05) is 13.8 Å². The molecule has 3 rings (SSSR count). The van der Waals surface area contributed by atoms with Crippen LogP contribution in [0.4, 0.5) is 14.6 Å². The van der Waals surface area contributed by atoms with Crippen LogP contribution in [0.3, 0.4) is 0 Å². The number of halogens is 2. The molecule has 0 atom stereocenters. The number of hydrogen-bond donors (Lipinski definition) is 1. The Morgan fingerprint density at radius 1 is 1.20 bits per heavy atom. The van der Waals surface area contributed by atoms with E-state index in [0.29, 0.717) is 10.7 Å². The second kappa shape index (κ2) is 7.39. The Bertz CT molecular complexity index is 908. The molecule has 0 radical (unpaired) electrons. The molecule has 3 aromatic rings. The Morgan fingerprint density at radius 2 is 2.00 bits per heavy atom. The number of benzene rings is 1. The first-order valence-corrected chi connectivity index (χ1v) is 9.11. The van der Waals surface area contributed by atoms with E-state index in [-0.39, 0.29) is 0 Å². The van der Waals surface area contributed by atoms with Crippen LogP contribution in [0.1, 0.15) is 24.1 Å². The first kappa shape index (κ1) is 17.7. The second-order valence-corrected chi connectivity index (χ2v) is 7.11. The van der Waals surface area contributed by atoms with Crippen LogP contribution in [0.25, 0.3) is 11.0 Å². The lowest BCUT2D eigenvalue weighted by atomic mass is 10.2. The second-order valence-electron chi connectivity index (χ2n) is 5.97. The van der Waals surface area contributed by atoms with Gasteiger partial charge in [0.25, 0.3) is 0 Å². The molecular weight excluding hydrogens is 342 g/mol. The number of thioether (sulfide) groups is 1. The summed E-state index contributed by atoms with van der Waals surface area (Å²) in [5.41, 5.74) is 9.72. The van der Waals surface area contributed by atoms with Crippen LogP contribution >= 0.6 is 11.8 Å². The standard InChI is InChI=1S/C18H20F2N4S/c1-11-12(2)23-18(21)16-17(11)24(10-22-16)7-3-4-8-25-15-6-5-13(19)9-14(15)20/h5-6,9-10H,3-4,7-8H2,1-2H3,(H2,21,23). The summed E-state index contributed by atoms with van der Waals surface area (Å²) >= 11 is 1.41. The van der Waals surface area contributed by atoms with Crippen molar-refractivity contribution in [2.24, 2.45) is 0 Å². The quantitative estimate of drug-likeness (QED) is 0.519. The van der Waals surface area contributed by atoms with E-state index >= 15 is 0 Å². The lowest BCUT2D eigenvalue weighted by molar-refractivity contribution is 0.565. The Morgan fingerprint density at radius 3 is 2.76 bits per heavy atom. The zero-order chi connectivity index (χ0) is 18.0. The first-order chi connectivity index (χ1) is 12.0. The van der Waals surface area contributed by atoms with Crippen molar-refractivity contribution < 1.29 is 8.78 Å². The smallest absolute Gasteiger partial charge is 0.151 e. The first-order valence-electron chi connectivity index (χ1n) is 8.12. The Hall–Kier alpha value is -2.15. The third kappa shape index (κ3) is 3.76. The highest BCUT2D eigenvalue weighted by atomic mass is 32.2. The number of aryl methyl sites for hydroxylation is 3. The Labute approximate surface area is 149 Å². The number of fused-ring (bicyclic) bond motifs is 1. The summed E-state index contributed by atoms with van der Waals surface area (Å²) in [5, 5.41) is 0. The number of nitrogen functional groups attached to an aromatic ring is 1. The number of imidazole rings is 1. The van der Waals surface area contributed by atoms with E-state index in [2.05, 4.69) is 14.5 Å². The molecule has 2 heterocycles. The summed E-state index contributed by atoms with van der Waals surface area (Å²) < 4.78 is 28.6. The molecule has 0 amide bonds. The van der Waals surface area contributed by atoms with E-state index in [1.54, 1.807) is 6.33 Å². The molecule has 0 unspecified atom stereocenters. The molecule has 0 bridgehead atoms. The molecule has 0 spiro atoms. The molecule has 2 N–H and O–H groups in total. The van der Waals surface area contributed by atoms with Gasteiger partial charge < -0.3 is 10.3 Å². The van der Waals surface area contributed by atoms with Crippen LogP contribution in [0.5, 0.6) is 0 Å². The van der Waals surface area contributed by atoms with E-state index in [4.69, 9.17) is 5.73 Å². The van der Waals surface area contributed by atoms with Crippen LogP contribution in [0, 0.1) is 25.5 Å². The van der Waals surface area contributed by atoms with Crippen molar-refractivity contribution in [3.05, 3.63) is 47.4 Å². The Kier molecular flexibility index (Phi) is 5.22. The molecule has 0 fully saturated rings. The highest BCUT2D eigenvalue weighted by Gasteiger charge is 2.12. The fraction of sp³-hybridized carbons (Fsp3) is 0.333. The fourth-order valence-electron chi connectivity index (χ4n) is 2.78. The molecule has 1 aromatic carbocycles. The van der Waals surface area contributed by atoms with E-state index in [0.717, 1.165) is 53.5 Å². The topological polar surface area (TPSA) is 56.7 Å². The van der Waals surface area contributed by atoms with Gasteiger partial charge >= 0.3 is 0 Å². The van der Waals surface area contributed by atoms with E-state index in [1.165, 1.54) is 23.9 Å². The molecule has 7 heteroatoms.